The Morgan fingerprint density at radius 2 is 2.13 bits per heavy atom. The first kappa shape index (κ1) is 13.8. The third kappa shape index (κ3) is 2.23. The minimum absolute atomic E-state index is 0.0126. The quantitative estimate of drug-likeness (QED) is 0.576. The Hall–Kier alpha value is -2.87. The lowest BCUT2D eigenvalue weighted by Crippen LogP contribution is -2.23. The van der Waals surface area contributed by atoms with Crippen molar-refractivity contribution in [1.82, 2.24) is 8.75 Å². The number of hydrogen-bond donors (Lipinski definition) is 1. The number of hydrogen-bond acceptors (Lipinski definition) is 6. The van der Waals surface area contributed by atoms with Crippen LogP contribution in [0.4, 0.5) is 11.4 Å². The van der Waals surface area contributed by atoms with Crippen molar-refractivity contribution in [2.75, 3.05) is 5.32 Å². The molecule has 7 nitrogen and oxygen atoms in total. The van der Waals surface area contributed by atoms with Crippen molar-refractivity contribution < 1.29 is 9.72 Å². The number of carbonyl (C=O) groups is 1. The van der Waals surface area contributed by atoms with Crippen LogP contribution in [0.25, 0.3) is 11.0 Å². The lowest BCUT2D eigenvalue weighted by atomic mass is 9.84. The van der Waals surface area contributed by atoms with Crippen LogP contribution in [0.1, 0.15) is 23.5 Å². The van der Waals surface area contributed by atoms with Gasteiger partial charge in [0, 0.05) is 35.7 Å². The highest BCUT2D eigenvalue weighted by molar-refractivity contribution is 7.00. The molecule has 114 valence electrons. The van der Waals surface area contributed by atoms with Gasteiger partial charge in [0.05, 0.1) is 16.7 Å². The van der Waals surface area contributed by atoms with E-state index in [0.29, 0.717) is 5.69 Å². The maximum absolute atomic E-state index is 12.0. The van der Waals surface area contributed by atoms with Gasteiger partial charge in [-0.05, 0) is 17.7 Å². The van der Waals surface area contributed by atoms with Gasteiger partial charge in [0.2, 0.25) is 5.91 Å². The van der Waals surface area contributed by atoms with Crippen LogP contribution in [0.3, 0.4) is 0 Å². The first-order chi connectivity index (χ1) is 11.1. The van der Waals surface area contributed by atoms with E-state index in [0.717, 1.165) is 33.9 Å². The van der Waals surface area contributed by atoms with Gasteiger partial charge in [0.15, 0.2) is 0 Å². The van der Waals surface area contributed by atoms with Crippen molar-refractivity contribution in [2.45, 2.75) is 12.3 Å². The Morgan fingerprint density at radius 3 is 2.96 bits per heavy atom. The minimum atomic E-state index is -0.432. The van der Waals surface area contributed by atoms with Crippen molar-refractivity contribution in [1.29, 1.82) is 0 Å². The number of non-ortho nitro benzene ring substituents is 1. The lowest BCUT2D eigenvalue weighted by Gasteiger charge is -2.26. The van der Waals surface area contributed by atoms with E-state index in [1.807, 2.05) is 6.07 Å². The summed E-state index contributed by atoms with van der Waals surface area (Å²) < 4.78 is 8.57. The maximum Gasteiger partial charge on any atom is 0.269 e. The topological polar surface area (TPSA) is 98.0 Å². The van der Waals surface area contributed by atoms with E-state index in [4.69, 9.17) is 0 Å². The van der Waals surface area contributed by atoms with Crippen LogP contribution in [0.2, 0.25) is 0 Å². The van der Waals surface area contributed by atoms with Crippen LogP contribution >= 0.6 is 11.7 Å². The average Bonchev–Trinajstić information content (AvgIpc) is 3.02. The predicted molar refractivity (Wildman–Crippen MR) is 85.6 cm³/mol. The highest BCUT2D eigenvalue weighted by atomic mass is 32.1. The third-order valence-corrected chi connectivity index (χ3v) is 4.51. The first-order valence-electron chi connectivity index (χ1n) is 6.93. The standard InChI is InChI=1S/C15H10N4O3S/c20-13-7-10(8-2-1-3-9(6-8)19(21)22)14-11(16-13)4-5-12-15(14)18-23-17-12/h1-6,10H,7H2,(H,16,20). The summed E-state index contributed by atoms with van der Waals surface area (Å²) in [6, 6.07) is 10.0. The monoisotopic (exact) mass is 326 g/mol. The van der Waals surface area contributed by atoms with E-state index in [9.17, 15) is 14.9 Å². The van der Waals surface area contributed by atoms with E-state index in [1.165, 1.54) is 12.1 Å². The van der Waals surface area contributed by atoms with Gasteiger partial charge in [0.1, 0.15) is 11.0 Å². The molecule has 1 aliphatic heterocycles. The minimum Gasteiger partial charge on any atom is -0.326 e. The number of aromatic nitrogens is 2. The van der Waals surface area contributed by atoms with Crippen molar-refractivity contribution in [3.8, 4) is 0 Å². The molecule has 2 aromatic carbocycles. The van der Waals surface area contributed by atoms with E-state index >= 15 is 0 Å². The molecule has 0 saturated heterocycles. The number of nitro benzene ring substituents is 1. The molecule has 0 radical (unpaired) electrons. The van der Waals surface area contributed by atoms with Gasteiger partial charge in [-0.15, -0.1) is 0 Å². The molecule has 0 fully saturated rings. The number of nitrogens with one attached hydrogen (secondary N) is 1. The zero-order valence-corrected chi connectivity index (χ0v) is 12.5. The average molecular weight is 326 g/mol. The van der Waals surface area contributed by atoms with E-state index in [1.54, 1.807) is 18.2 Å². The fourth-order valence-electron chi connectivity index (χ4n) is 2.96. The number of fused-ring (bicyclic) bond motifs is 3. The van der Waals surface area contributed by atoms with Gasteiger partial charge >= 0.3 is 0 Å². The van der Waals surface area contributed by atoms with Gasteiger partial charge in [-0.2, -0.15) is 8.75 Å². The number of carbonyl (C=O) groups excluding carboxylic acids is 1. The molecule has 1 aromatic heterocycles. The molecule has 0 saturated carbocycles. The summed E-state index contributed by atoms with van der Waals surface area (Å²) in [5.41, 5.74) is 3.81. The molecule has 1 aliphatic rings. The molecule has 0 spiro atoms. The second kappa shape index (κ2) is 5.10. The zero-order chi connectivity index (χ0) is 16.0. The normalized spacial score (nSPS) is 16.9. The van der Waals surface area contributed by atoms with Crippen LogP contribution in [0.5, 0.6) is 0 Å². The Balaban J connectivity index is 1.93. The van der Waals surface area contributed by atoms with Crippen molar-refractivity contribution >= 4 is 40.0 Å². The van der Waals surface area contributed by atoms with Gasteiger partial charge in [-0.1, -0.05) is 12.1 Å². The highest BCUT2D eigenvalue weighted by Crippen LogP contribution is 2.41. The second-order valence-electron chi connectivity index (χ2n) is 5.32. The first-order valence-corrected chi connectivity index (χ1v) is 7.66. The van der Waals surface area contributed by atoms with Crippen molar-refractivity contribution in [3.63, 3.8) is 0 Å². The van der Waals surface area contributed by atoms with Crippen LogP contribution in [-0.4, -0.2) is 19.6 Å². The van der Waals surface area contributed by atoms with Crippen LogP contribution in [0, 0.1) is 10.1 Å². The molecular weight excluding hydrogens is 316 g/mol. The molecule has 4 rings (SSSR count). The molecule has 23 heavy (non-hydrogen) atoms. The summed E-state index contributed by atoms with van der Waals surface area (Å²) in [5.74, 6) is -0.386. The molecule has 0 aliphatic carbocycles. The Bertz CT molecular complexity index is 953. The Morgan fingerprint density at radius 1 is 1.26 bits per heavy atom. The highest BCUT2D eigenvalue weighted by Gasteiger charge is 2.30. The van der Waals surface area contributed by atoms with E-state index in [2.05, 4.69) is 14.1 Å². The molecule has 8 heteroatoms. The molecular formula is C15H10N4O3S. The van der Waals surface area contributed by atoms with Gasteiger partial charge < -0.3 is 5.32 Å². The Labute approximate surface area is 134 Å². The zero-order valence-electron chi connectivity index (χ0n) is 11.7. The summed E-state index contributed by atoms with van der Waals surface area (Å²) in [6.07, 6.45) is 0.227. The summed E-state index contributed by atoms with van der Waals surface area (Å²) in [7, 11) is 0. The SMILES string of the molecule is O=C1CC(c2cccc([N+](=O)[O-])c2)c2c(ccc3nsnc23)N1. The van der Waals surface area contributed by atoms with E-state index in [-0.39, 0.29) is 23.9 Å². The molecule has 1 unspecified atom stereocenters. The predicted octanol–water partition coefficient (Wildman–Crippen LogP) is 3.07. The van der Waals surface area contributed by atoms with Gasteiger partial charge in [-0.3, -0.25) is 14.9 Å². The van der Waals surface area contributed by atoms with Gasteiger partial charge in [0.25, 0.3) is 5.69 Å². The summed E-state index contributed by atoms with van der Waals surface area (Å²) in [5, 5.41) is 13.9. The number of nitrogens with zero attached hydrogens (tertiary/aromatic N) is 3. The number of nitro groups is 1. The van der Waals surface area contributed by atoms with E-state index < -0.39 is 4.92 Å². The number of benzene rings is 2. The molecule has 0 bridgehead atoms. The largest absolute Gasteiger partial charge is 0.326 e. The fourth-order valence-corrected chi connectivity index (χ4v) is 3.51. The Kier molecular flexibility index (Phi) is 3.05. The van der Waals surface area contributed by atoms with Gasteiger partial charge in [-0.25, -0.2) is 0 Å². The lowest BCUT2D eigenvalue weighted by molar-refractivity contribution is -0.384. The summed E-state index contributed by atoms with van der Waals surface area (Å²) in [4.78, 5) is 22.6. The van der Waals surface area contributed by atoms with Crippen LogP contribution in [0.15, 0.2) is 36.4 Å². The smallest absolute Gasteiger partial charge is 0.269 e. The number of rotatable bonds is 2. The summed E-state index contributed by atoms with van der Waals surface area (Å²) in [6.45, 7) is 0. The van der Waals surface area contributed by atoms with Crippen molar-refractivity contribution in [2.24, 2.45) is 0 Å². The molecule has 1 N–H and O–H groups in total. The van der Waals surface area contributed by atoms with Crippen LogP contribution < -0.4 is 5.32 Å². The molecule has 1 amide bonds. The summed E-state index contributed by atoms with van der Waals surface area (Å²) >= 11 is 1.11. The number of amides is 1. The molecule has 3 aromatic rings. The molecule has 2 heterocycles. The van der Waals surface area contributed by atoms with Crippen LogP contribution in [-0.2, 0) is 4.79 Å². The second-order valence-corrected chi connectivity index (χ2v) is 5.84. The fraction of sp³-hybridized carbons (Fsp3) is 0.133. The maximum atomic E-state index is 12.0. The molecule has 1 atom stereocenters. The van der Waals surface area contributed by atoms with Crippen molar-refractivity contribution in [3.05, 3.63) is 57.6 Å². The number of anilines is 1. The third-order valence-electron chi connectivity index (χ3n) is 3.96.